The number of rotatable bonds is 9. The first-order chi connectivity index (χ1) is 10.7. The molecule has 0 saturated carbocycles. The Balaban J connectivity index is -0.000000392. The average Bonchev–Trinajstić information content (AvgIpc) is 2.32. The van der Waals surface area contributed by atoms with Gasteiger partial charge in [-0.2, -0.15) is 0 Å². The SMILES string of the molecule is CC(=O)O[C@H](CC(=O)[O-])C[N+](C)(C)C.Cl.N[C@@H](CCC(=O)O)C(=O)O. The Kier molecular flexibility index (Phi) is 15.0. The van der Waals surface area contributed by atoms with E-state index >= 15 is 0 Å². The third-order valence-corrected chi connectivity index (χ3v) is 2.46. The first-order valence-electron chi connectivity index (χ1n) is 7.12. The fourth-order valence-corrected chi connectivity index (χ4v) is 1.58. The number of nitrogens with two attached hydrogens (primary N) is 1. The summed E-state index contributed by atoms with van der Waals surface area (Å²) in [7, 11) is 5.68. The van der Waals surface area contributed by atoms with E-state index in [1.165, 1.54) is 6.92 Å². The molecule has 11 heteroatoms. The van der Waals surface area contributed by atoms with Crippen LogP contribution < -0.4 is 10.8 Å². The van der Waals surface area contributed by atoms with Gasteiger partial charge in [-0.15, -0.1) is 12.4 Å². The van der Waals surface area contributed by atoms with Gasteiger partial charge in [0, 0.05) is 25.7 Å². The zero-order valence-electron chi connectivity index (χ0n) is 14.8. The van der Waals surface area contributed by atoms with Crippen LogP contribution in [0.4, 0.5) is 0 Å². The predicted octanol–water partition coefficient (Wildman–Crippen LogP) is -1.55. The number of aliphatic carboxylic acids is 3. The molecule has 0 radical (unpaired) electrons. The zero-order chi connectivity index (χ0) is 19.5. The summed E-state index contributed by atoms with van der Waals surface area (Å²) in [6.45, 7) is 1.71. The number of likely N-dealkylation sites (N-methyl/N-ethyl adjacent to an activating group) is 1. The molecule has 0 bridgehead atoms. The van der Waals surface area contributed by atoms with Gasteiger partial charge in [0.2, 0.25) is 0 Å². The maximum absolute atomic E-state index is 10.7. The lowest BCUT2D eigenvalue weighted by Crippen LogP contribution is -2.45. The molecule has 0 aliphatic heterocycles. The third kappa shape index (κ3) is 22.1. The van der Waals surface area contributed by atoms with Crippen molar-refractivity contribution >= 4 is 36.3 Å². The highest BCUT2D eigenvalue weighted by atomic mass is 35.5. The van der Waals surface area contributed by atoms with Gasteiger partial charge in [-0.25, -0.2) is 0 Å². The van der Waals surface area contributed by atoms with Crippen LogP contribution in [0.15, 0.2) is 0 Å². The summed E-state index contributed by atoms with van der Waals surface area (Å²) in [5.41, 5.74) is 5.00. The molecule has 148 valence electrons. The molecule has 2 atom stereocenters. The number of carboxylic acid groups (broad SMARTS) is 3. The molecule has 0 rings (SSSR count). The second-order valence-corrected chi connectivity index (χ2v) is 6.16. The van der Waals surface area contributed by atoms with E-state index in [-0.39, 0.29) is 31.7 Å². The quantitative estimate of drug-likeness (QED) is 0.313. The van der Waals surface area contributed by atoms with Gasteiger partial charge in [-0.1, -0.05) is 0 Å². The second kappa shape index (κ2) is 13.4. The molecule has 10 nitrogen and oxygen atoms in total. The smallest absolute Gasteiger partial charge is 0.320 e. The molecule has 0 aromatic heterocycles. The molecule has 0 heterocycles. The van der Waals surface area contributed by atoms with Crippen LogP contribution in [-0.4, -0.2) is 78.4 Å². The maximum Gasteiger partial charge on any atom is 0.320 e. The van der Waals surface area contributed by atoms with Crippen LogP contribution in [0.1, 0.15) is 26.2 Å². The molecule has 0 aliphatic carbocycles. The minimum absolute atomic E-state index is 0. The average molecular weight is 387 g/mol. The highest BCUT2D eigenvalue weighted by Crippen LogP contribution is 2.04. The minimum atomic E-state index is -1.20. The molecule has 25 heavy (non-hydrogen) atoms. The van der Waals surface area contributed by atoms with Gasteiger partial charge in [0.25, 0.3) is 0 Å². The van der Waals surface area contributed by atoms with Gasteiger partial charge in [-0.3, -0.25) is 14.4 Å². The van der Waals surface area contributed by atoms with Gasteiger partial charge in [0.1, 0.15) is 12.6 Å². The van der Waals surface area contributed by atoms with Crippen molar-refractivity contribution in [3.8, 4) is 0 Å². The Morgan fingerprint density at radius 1 is 1.16 bits per heavy atom. The van der Waals surface area contributed by atoms with E-state index in [1.807, 2.05) is 21.1 Å². The third-order valence-electron chi connectivity index (χ3n) is 2.46. The van der Waals surface area contributed by atoms with Crippen molar-refractivity contribution in [3.05, 3.63) is 0 Å². The highest BCUT2D eigenvalue weighted by molar-refractivity contribution is 5.85. The summed E-state index contributed by atoms with van der Waals surface area (Å²) < 4.78 is 5.39. The lowest BCUT2D eigenvalue weighted by Gasteiger charge is -2.28. The number of quaternary nitrogens is 1. The van der Waals surface area contributed by atoms with Crippen molar-refractivity contribution in [2.45, 2.75) is 38.3 Å². The standard InChI is InChI=1S/C9H17NO4.C5H9NO4.ClH/c1-7(11)14-8(5-9(12)13)6-10(2,3)4;6-3(5(9)10)1-2-4(7)8;/h8H,5-6H2,1-4H3;3H,1-2,6H2,(H,7,8)(H,9,10);1H/t8-;3-;/m10./s1. The highest BCUT2D eigenvalue weighted by Gasteiger charge is 2.20. The summed E-state index contributed by atoms with van der Waals surface area (Å²) in [6.07, 6.45) is -1.09. The second-order valence-electron chi connectivity index (χ2n) is 6.16. The summed E-state index contributed by atoms with van der Waals surface area (Å²) in [6, 6.07) is -1.06. The first kappa shape index (κ1) is 27.9. The topological polar surface area (TPSA) is 167 Å². The van der Waals surface area contributed by atoms with Crippen LogP contribution in [0.5, 0.6) is 0 Å². The fraction of sp³-hybridized carbons (Fsp3) is 0.714. The normalized spacial score (nSPS) is 12.5. The van der Waals surface area contributed by atoms with Crippen molar-refractivity contribution in [1.29, 1.82) is 0 Å². The van der Waals surface area contributed by atoms with Crippen LogP contribution in [0, 0.1) is 0 Å². The van der Waals surface area contributed by atoms with Gasteiger partial charge in [0.15, 0.2) is 6.10 Å². The Morgan fingerprint density at radius 3 is 1.92 bits per heavy atom. The van der Waals surface area contributed by atoms with E-state index in [4.69, 9.17) is 20.7 Å². The molecule has 0 spiro atoms. The van der Waals surface area contributed by atoms with Crippen LogP contribution >= 0.6 is 12.4 Å². The van der Waals surface area contributed by atoms with Crippen LogP contribution in [0.2, 0.25) is 0 Å². The Hall–Kier alpha value is -1.91. The largest absolute Gasteiger partial charge is 0.550 e. The number of esters is 1. The Labute approximate surface area is 152 Å². The Bertz CT molecular complexity index is 435. The number of carboxylic acids is 3. The molecule has 0 amide bonds. The molecule has 0 aromatic carbocycles. The summed E-state index contributed by atoms with van der Waals surface area (Å²) in [5, 5.41) is 26.6. The van der Waals surface area contributed by atoms with Crippen molar-refractivity contribution in [1.82, 2.24) is 0 Å². The van der Waals surface area contributed by atoms with E-state index in [9.17, 15) is 24.3 Å². The van der Waals surface area contributed by atoms with Gasteiger partial charge >= 0.3 is 17.9 Å². The molecule has 4 N–H and O–H groups in total. The summed E-state index contributed by atoms with van der Waals surface area (Å²) in [4.78, 5) is 40.9. The minimum Gasteiger partial charge on any atom is -0.550 e. The molecule has 0 saturated heterocycles. The fourth-order valence-electron chi connectivity index (χ4n) is 1.58. The van der Waals surface area contributed by atoms with Gasteiger partial charge in [-0.05, 0) is 6.42 Å². The number of ether oxygens (including phenoxy) is 1. The van der Waals surface area contributed by atoms with Gasteiger partial charge in [0.05, 0.1) is 21.1 Å². The zero-order valence-corrected chi connectivity index (χ0v) is 15.6. The molecule has 0 unspecified atom stereocenters. The number of halogens is 1. The Morgan fingerprint density at radius 2 is 1.64 bits per heavy atom. The van der Waals surface area contributed by atoms with Crippen LogP contribution in [0.3, 0.4) is 0 Å². The molecule has 0 fully saturated rings. The number of carbonyl (C=O) groups is 4. The van der Waals surface area contributed by atoms with Crippen molar-refractivity contribution in [2.75, 3.05) is 27.7 Å². The number of hydrogen-bond acceptors (Lipinski definition) is 7. The number of carbonyl (C=O) groups excluding carboxylic acids is 2. The first-order valence-corrected chi connectivity index (χ1v) is 7.12. The monoisotopic (exact) mass is 386 g/mol. The predicted molar refractivity (Wildman–Crippen MR) is 87.8 cm³/mol. The molecular formula is C14H27ClN2O8. The van der Waals surface area contributed by atoms with Crippen molar-refractivity contribution < 1.29 is 43.7 Å². The number of nitrogens with zero attached hydrogens (tertiary/aromatic N) is 1. The van der Waals surface area contributed by atoms with E-state index in [0.717, 1.165) is 0 Å². The molecule has 0 aromatic rings. The van der Waals surface area contributed by atoms with Crippen LogP contribution in [0.25, 0.3) is 0 Å². The number of hydrogen-bond donors (Lipinski definition) is 3. The van der Waals surface area contributed by atoms with E-state index in [1.54, 1.807) is 0 Å². The molecule has 0 aliphatic rings. The van der Waals surface area contributed by atoms with E-state index in [2.05, 4.69) is 0 Å². The van der Waals surface area contributed by atoms with Crippen LogP contribution in [-0.2, 0) is 23.9 Å². The maximum atomic E-state index is 10.7. The van der Waals surface area contributed by atoms with Gasteiger partial charge < -0.3 is 35.1 Å². The lowest BCUT2D eigenvalue weighted by molar-refractivity contribution is -0.873. The lowest BCUT2D eigenvalue weighted by atomic mass is 10.2. The molecular weight excluding hydrogens is 360 g/mol. The summed E-state index contributed by atoms with van der Waals surface area (Å²) >= 11 is 0. The van der Waals surface area contributed by atoms with E-state index < -0.39 is 36.0 Å². The van der Waals surface area contributed by atoms with E-state index in [0.29, 0.717) is 11.0 Å². The van der Waals surface area contributed by atoms with Crippen molar-refractivity contribution in [2.24, 2.45) is 5.73 Å². The summed E-state index contributed by atoms with van der Waals surface area (Å²) in [5.74, 6) is -3.87. The van der Waals surface area contributed by atoms with Crippen molar-refractivity contribution in [3.63, 3.8) is 0 Å².